The van der Waals surface area contributed by atoms with E-state index in [1.165, 1.54) is 5.56 Å². The summed E-state index contributed by atoms with van der Waals surface area (Å²) in [5.41, 5.74) is 8.08. The summed E-state index contributed by atoms with van der Waals surface area (Å²) in [4.78, 5) is 6.76. The standard InChI is InChI=1S/C15H24N4O/c1-13-3-5-14(6-4-13)18-15(16)17-7-2-8-19-9-11-20-12-10-19/h3-6H,2,7-12H2,1H3,(H3,16,17,18). The van der Waals surface area contributed by atoms with Crippen molar-refractivity contribution in [2.45, 2.75) is 13.3 Å². The van der Waals surface area contributed by atoms with Crippen molar-refractivity contribution in [1.82, 2.24) is 4.90 Å². The van der Waals surface area contributed by atoms with Gasteiger partial charge in [-0.3, -0.25) is 9.89 Å². The summed E-state index contributed by atoms with van der Waals surface area (Å²) in [5.74, 6) is 0.482. The summed E-state index contributed by atoms with van der Waals surface area (Å²) in [5, 5.41) is 3.10. The molecule has 1 aromatic rings. The Kier molecular flexibility index (Phi) is 5.83. The van der Waals surface area contributed by atoms with Gasteiger partial charge in [-0.1, -0.05) is 17.7 Å². The molecule has 1 aliphatic rings. The number of guanidine groups is 1. The van der Waals surface area contributed by atoms with Crippen LogP contribution in [0.4, 0.5) is 5.69 Å². The molecule has 1 aromatic carbocycles. The third-order valence-electron chi connectivity index (χ3n) is 3.34. The van der Waals surface area contributed by atoms with Crippen LogP contribution in [0.1, 0.15) is 12.0 Å². The maximum Gasteiger partial charge on any atom is 0.193 e. The minimum absolute atomic E-state index is 0.482. The van der Waals surface area contributed by atoms with Crippen molar-refractivity contribution in [1.29, 1.82) is 0 Å². The summed E-state index contributed by atoms with van der Waals surface area (Å²) < 4.78 is 5.32. The van der Waals surface area contributed by atoms with Gasteiger partial charge in [0, 0.05) is 31.9 Å². The minimum Gasteiger partial charge on any atom is -0.379 e. The number of anilines is 1. The first kappa shape index (κ1) is 14.8. The lowest BCUT2D eigenvalue weighted by atomic mass is 10.2. The Labute approximate surface area is 120 Å². The topological polar surface area (TPSA) is 62.9 Å². The van der Waals surface area contributed by atoms with Gasteiger partial charge in [-0.15, -0.1) is 0 Å². The molecule has 1 aliphatic heterocycles. The fourth-order valence-electron chi connectivity index (χ4n) is 2.14. The molecule has 0 bridgehead atoms. The Morgan fingerprint density at radius 1 is 1.30 bits per heavy atom. The van der Waals surface area contributed by atoms with E-state index < -0.39 is 0 Å². The van der Waals surface area contributed by atoms with Crippen molar-refractivity contribution in [3.63, 3.8) is 0 Å². The third kappa shape index (κ3) is 5.19. The van der Waals surface area contributed by atoms with Crippen molar-refractivity contribution in [2.24, 2.45) is 10.7 Å². The van der Waals surface area contributed by atoms with Gasteiger partial charge in [0.1, 0.15) is 0 Å². The van der Waals surface area contributed by atoms with Crippen LogP contribution >= 0.6 is 0 Å². The Morgan fingerprint density at radius 3 is 2.70 bits per heavy atom. The Bertz CT molecular complexity index is 424. The average molecular weight is 276 g/mol. The second-order valence-electron chi connectivity index (χ2n) is 5.07. The van der Waals surface area contributed by atoms with Gasteiger partial charge in [0.05, 0.1) is 13.2 Å². The summed E-state index contributed by atoms with van der Waals surface area (Å²) >= 11 is 0. The first-order chi connectivity index (χ1) is 9.74. The molecule has 1 saturated heterocycles. The summed E-state index contributed by atoms with van der Waals surface area (Å²) in [6.45, 7) is 7.63. The lowest BCUT2D eigenvalue weighted by Gasteiger charge is -2.26. The largest absolute Gasteiger partial charge is 0.379 e. The second-order valence-corrected chi connectivity index (χ2v) is 5.07. The Morgan fingerprint density at radius 2 is 2.00 bits per heavy atom. The number of rotatable bonds is 5. The zero-order valence-electron chi connectivity index (χ0n) is 12.1. The molecular formula is C15H24N4O. The van der Waals surface area contributed by atoms with Crippen molar-refractivity contribution in [3.05, 3.63) is 29.8 Å². The molecule has 0 aromatic heterocycles. The lowest BCUT2D eigenvalue weighted by molar-refractivity contribution is 0.0377. The first-order valence-electron chi connectivity index (χ1n) is 7.18. The first-order valence-corrected chi connectivity index (χ1v) is 7.18. The van der Waals surface area contributed by atoms with Crippen molar-refractivity contribution in [2.75, 3.05) is 44.7 Å². The quantitative estimate of drug-likeness (QED) is 0.485. The zero-order chi connectivity index (χ0) is 14.2. The second kappa shape index (κ2) is 7.87. The highest BCUT2D eigenvalue weighted by Crippen LogP contribution is 2.07. The van der Waals surface area contributed by atoms with E-state index in [0.29, 0.717) is 5.96 Å². The van der Waals surface area contributed by atoms with Crippen LogP contribution in [0.5, 0.6) is 0 Å². The molecular weight excluding hydrogens is 252 g/mol. The van der Waals surface area contributed by atoms with Gasteiger partial charge in [-0.05, 0) is 25.5 Å². The minimum atomic E-state index is 0.482. The number of nitrogens with zero attached hydrogens (tertiary/aromatic N) is 2. The van der Waals surface area contributed by atoms with Gasteiger partial charge in [0.2, 0.25) is 0 Å². The van der Waals surface area contributed by atoms with Crippen LogP contribution in [-0.2, 0) is 4.74 Å². The highest BCUT2D eigenvalue weighted by atomic mass is 16.5. The van der Waals surface area contributed by atoms with Gasteiger partial charge in [-0.2, -0.15) is 0 Å². The molecule has 0 saturated carbocycles. The van der Waals surface area contributed by atoms with E-state index in [0.717, 1.165) is 51.5 Å². The smallest absolute Gasteiger partial charge is 0.193 e. The van der Waals surface area contributed by atoms with Gasteiger partial charge in [0.15, 0.2) is 5.96 Å². The van der Waals surface area contributed by atoms with E-state index in [9.17, 15) is 0 Å². The van der Waals surface area contributed by atoms with Crippen LogP contribution in [0.15, 0.2) is 29.3 Å². The van der Waals surface area contributed by atoms with Crippen LogP contribution in [0, 0.1) is 6.92 Å². The molecule has 0 amide bonds. The number of benzene rings is 1. The van der Waals surface area contributed by atoms with Crippen molar-refractivity contribution < 1.29 is 4.74 Å². The maximum atomic E-state index is 5.87. The van der Waals surface area contributed by atoms with Gasteiger partial charge in [-0.25, -0.2) is 0 Å². The highest BCUT2D eigenvalue weighted by Gasteiger charge is 2.08. The fraction of sp³-hybridized carbons (Fsp3) is 0.533. The van der Waals surface area contributed by atoms with E-state index in [1.54, 1.807) is 0 Å². The normalized spacial score (nSPS) is 17.1. The monoisotopic (exact) mass is 276 g/mol. The number of nitrogens with one attached hydrogen (secondary N) is 1. The molecule has 0 unspecified atom stereocenters. The fourth-order valence-corrected chi connectivity index (χ4v) is 2.14. The van der Waals surface area contributed by atoms with Crippen LogP contribution < -0.4 is 11.1 Å². The number of ether oxygens (including phenoxy) is 1. The number of morpholine rings is 1. The molecule has 110 valence electrons. The molecule has 1 heterocycles. The third-order valence-corrected chi connectivity index (χ3v) is 3.34. The van der Waals surface area contributed by atoms with Crippen molar-refractivity contribution >= 4 is 11.6 Å². The SMILES string of the molecule is Cc1ccc(NC(N)=NCCCN2CCOCC2)cc1. The molecule has 2 rings (SSSR count). The summed E-state index contributed by atoms with van der Waals surface area (Å²) in [7, 11) is 0. The van der Waals surface area contributed by atoms with Crippen LogP contribution in [0.25, 0.3) is 0 Å². The maximum absolute atomic E-state index is 5.87. The lowest BCUT2D eigenvalue weighted by Crippen LogP contribution is -2.37. The molecule has 1 fully saturated rings. The Balaban J connectivity index is 1.66. The van der Waals surface area contributed by atoms with E-state index in [2.05, 4.69) is 22.1 Å². The molecule has 5 nitrogen and oxygen atoms in total. The van der Waals surface area contributed by atoms with Crippen LogP contribution in [0.2, 0.25) is 0 Å². The molecule has 5 heteroatoms. The van der Waals surface area contributed by atoms with Gasteiger partial charge < -0.3 is 15.8 Å². The predicted molar refractivity (Wildman–Crippen MR) is 83.2 cm³/mol. The molecule has 0 aliphatic carbocycles. The highest BCUT2D eigenvalue weighted by molar-refractivity contribution is 5.92. The average Bonchev–Trinajstić information content (AvgIpc) is 2.47. The van der Waals surface area contributed by atoms with E-state index >= 15 is 0 Å². The van der Waals surface area contributed by atoms with Crippen LogP contribution in [0.3, 0.4) is 0 Å². The van der Waals surface area contributed by atoms with Gasteiger partial charge >= 0.3 is 0 Å². The number of hydrogen-bond acceptors (Lipinski definition) is 3. The number of nitrogens with two attached hydrogens (primary N) is 1. The Hall–Kier alpha value is -1.59. The van der Waals surface area contributed by atoms with E-state index in [1.807, 2.05) is 24.3 Å². The van der Waals surface area contributed by atoms with Gasteiger partial charge in [0.25, 0.3) is 0 Å². The van der Waals surface area contributed by atoms with E-state index in [4.69, 9.17) is 10.5 Å². The zero-order valence-corrected chi connectivity index (χ0v) is 12.1. The summed E-state index contributed by atoms with van der Waals surface area (Å²) in [6, 6.07) is 8.11. The molecule has 3 N–H and O–H groups in total. The predicted octanol–water partition coefficient (Wildman–Crippen LogP) is 1.44. The molecule has 0 spiro atoms. The van der Waals surface area contributed by atoms with Crippen molar-refractivity contribution in [3.8, 4) is 0 Å². The van der Waals surface area contributed by atoms with E-state index in [-0.39, 0.29) is 0 Å². The number of hydrogen-bond donors (Lipinski definition) is 2. The molecule has 0 atom stereocenters. The molecule has 0 radical (unpaired) electrons. The summed E-state index contributed by atoms with van der Waals surface area (Å²) in [6.07, 6.45) is 1.02. The number of aryl methyl sites for hydroxylation is 1. The van der Waals surface area contributed by atoms with Crippen LogP contribution in [-0.4, -0.2) is 50.3 Å². The molecule has 20 heavy (non-hydrogen) atoms. The number of aliphatic imine (C=N–C) groups is 1.